The molecule has 0 spiro atoms. The molecule has 1 atom stereocenters. The van der Waals surface area contributed by atoms with Crippen molar-refractivity contribution < 1.29 is 9.53 Å². The van der Waals surface area contributed by atoms with Crippen molar-refractivity contribution in [3.05, 3.63) is 0 Å². The van der Waals surface area contributed by atoms with E-state index in [0.717, 1.165) is 32.4 Å². The summed E-state index contributed by atoms with van der Waals surface area (Å²) in [5.74, 6) is 0.0642. The number of nitriles is 1. The van der Waals surface area contributed by atoms with Gasteiger partial charge >= 0.3 is 0 Å². The average molecular weight is 265 g/mol. The molecule has 1 heterocycles. The molecule has 0 aromatic heterocycles. The summed E-state index contributed by atoms with van der Waals surface area (Å²) < 4.78 is 5.44. The normalized spacial score (nSPS) is 25.6. The lowest BCUT2D eigenvalue weighted by atomic mass is 10.0. The maximum atomic E-state index is 12.1. The number of nitrogens with one attached hydrogen (secondary N) is 1. The number of ether oxygens (including phenoxy) is 1. The van der Waals surface area contributed by atoms with Crippen LogP contribution in [0.5, 0.6) is 0 Å². The van der Waals surface area contributed by atoms with Gasteiger partial charge in [-0.1, -0.05) is 6.92 Å². The first-order valence-corrected chi connectivity index (χ1v) is 7.17. The summed E-state index contributed by atoms with van der Waals surface area (Å²) in [6.07, 6.45) is 3.77. The van der Waals surface area contributed by atoms with Crippen molar-refractivity contribution in [1.29, 1.82) is 5.26 Å². The summed E-state index contributed by atoms with van der Waals surface area (Å²) in [4.78, 5) is 14.3. The lowest BCUT2D eigenvalue weighted by molar-refractivity contribution is -0.133. The van der Waals surface area contributed by atoms with E-state index in [4.69, 9.17) is 10.00 Å². The van der Waals surface area contributed by atoms with Gasteiger partial charge in [-0.2, -0.15) is 5.26 Å². The van der Waals surface area contributed by atoms with Crippen LogP contribution in [-0.2, 0) is 9.53 Å². The molecule has 19 heavy (non-hydrogen) atoms. The Morgan fingerprint density at radius 2 is 2.37 bits per heavy atom. The predicted molar refractivity (Wildman–Crippen MR) is 71.4 cm³/mol. The predicted octanol–water partition coefficient (Wildman–Crippen LogP) is 0.907. The smallest absolute Gasteiger partial charge is 0.239 e. The summed E-state index contributed by atoms with van der Waals surface area (Å²) in [7, 11) is 0. The molecule has 0 aromatic carbocycles. The minimum absolute atomic E-state index is 0.0642. The van der Waals surface area contributed by atoms with Crippen LogP contribution in [0.3, 0.4) is 0 Å². The Hall–Kier alpha value is -1.12. The van der Waals surface area contributed by atoms with Gasteiger partial charge in [0.15, 0.2) is 0 Å². The number of nitrogens with zero attached hydrogens (tertiary/aromatic N) is 2. The van der Waals surface area contributed by atoms with E-state index in [1.54, 1.807) is 0 Å². The zero-order valence-corrected chi connectivity index (χ0v) is 11.7. The molecule has 1 saturated carbocycles. The topological polar surface area (TPSA) is 65.4 Å². The van der Waals surface area contributed by atoms with Crippen LogP contribution in [0.15, 0.2) is 0 Å². The van der Waals surface area contributed by atoms with Gasteiger partial charge in [-0.3, -0.25) is 9.69 Å². The minimum Gasteiger partial charge on any atom is -0.378 e. The second-order valence-electron chi connectivity index (χ2n) is 5.69. The third kappa shape index (κ3) is 3.68. The van der Waals surface area contributed by atoms with Crippen LogP contribution in [-0.4, -0.2) is 49.7 Å². The number of hydrogen-bond donors (Lipinski definition) is 1. The van der Waals surface area contributed by atoms with Gasteiger partial charge in [0.05, 0.1) is 19.3 Å². The van der Waals surface area contributed by atoms with E-state index >= 15 is 0 Å². The summed E-state index contributed by atoms with van der Waals surface area (Å²) in [5.41, 5.74) is 0.148. The molecule has 5 nitrogen and oxygen atoms in total. The SMILES string of the molecule is CCCNC(=O)C1COCCN1CC1(CC#N)CC1. The molecule has 1 N–H and O–H groups in total. The van der Waals surface area contributed by atoms with Crippen molar-refractivity contribution in [3.63, 3.8) is 0 Å². The maximum absolute atomic E-state index is 12.1. The van der Waals surface area contributed by atoms with Gasteiger partial charge in [0.1, 0.15) is 6.04 Å². The Balaban J connectivity index is 1.92. The number of rotatable bonds is 6. The minimum atomic E-state index is -0.184. The van der Waals surface area contributed by atoms with E-state index in [-0.39, 0.29) is 17.4 Å². The van der Waals surface area contributed by atoms with E-state index in [2.05, 4.69) is 16.3 Å². The number of morpholine rings is 1. The van der Waals surface area contributed by atoms with Gasteiger partial charge in [0.25, 0.3) is 0 Å². The summed E-state index contributed by atoms with van der Waals surface area (Å²) in [5, 5.41) is 11.8. The zero-order chi connectivity index (χ0) is 13.7. The highest BCUT2D eigenvalue weighted by molar-refractivity contribution is 5.82. The first-order valence-electron chi connectivity index (χ1n) is 7.17. The first-order chi connectivity index (χ1) is 9.21. The standard InChI is InChI=1S/C14H23N3O2/c1-2-7-16-13(18)12-10-19-9-8-17(12)11-14(3-4-14)5-6-15/h12H,2-5,7-11H2,1H3,(H,16,18). The molecule has 1 saturated heterocycles. The molecule has 5 heteroatoms. The highest BCUT2D eigenvalue weighted by Crippen LogP contribution is 2.49. The largest absolute Gasteiger partial charge is 0.378 e. The Morgan fingerprint density at radius 3 is 3.00 bits per heavy atom. The fraction of sp³-hybridized carbons (Fsp3) is 0.857. The van der Waals surface area contributed by atoms with E-state index in [9.17, 15) is 4.79 Å². The van der Waals surface area contributed by atoms with Crippen molar-refractivity contribution >= 4 is 5.91 Å². The van der Waals surface area contributed by atoms with E-state index in [1.807, 2.05) is 6.92 Å². The number of carbonyl (C=O) groups is 1. The molecule has 1 aliphatic heterocycles. The lowest BCUT2D eigenvalue weighted by Gasteiger charge is -2.36. The van der Waals surface area contributed by atoms with Crippen LogP contribution < -0.4 is 5.32 Å². The second kappa shape index (κ2) is 6.36. The quantitative estimate of drug-likeness (QED) is 0.775. The third-order valence-electron chi connectivity index (χ3n) is 4.04. The van der Waals surface area contributed by atoms with Crippen molar-refractivity contribution in [2.75, 3.05) is 32.8 Å². The Bertz CT molecular complexity index is 360. The second-order valence-corrected chi connectivity index (χ2v) is 5.69. The van der Waals surface area contributed by atoms with Crippen molar-refractivity contribution in [1.82, 2.24) is 10.2 Å². The fourth-order valence-electron chi connectivity index (χ4n) is 2.60. The van der Waals surface area contributed by atoms with Crippen LogP contribution in [0.4, 0.5) is 0 Å². The Kier molecular flexibility index (Phi) is 4.78. The fourth-order valence-corrected chi connectivity index (χ4v) is 2.60. The van der Waals surface area contributed by atoms with E-state index in [0.29, 0.717) is 26.2 Å². The number of amides is 1. The van der Waals surface area contributed by atoms with Gasteiger partial charge in [-0.05, 0) is 24.7 Å². The summed E-state index contributed by atoms with van der Waals surface area (Å²) in [6.45, 7) is 5.55. The van der Waals surface area contributed by atoms with Crippen LogP contribution in [0.2, 0.25) is 0 Å². The third-order valence-corrected chi connectivity index (χ3v) is 4.04. The van der Waals surface area contributed by atoms with Gasteiger partial charge in [-0.15, -0.1) is 0 Å². The molecule has 1 unspecified atom stereocenters. The molecule has 2 aliphatic rings. The molecule has 0 radical (unpaired) electrons. The summed E-state index contributed by atoms with van der Waals surface area (Å²) >= 11 is 0. The highest BCUT2D eigenvalue weighted by atomic mass is 16.5. The van der Waals surface area contributed by atoms with Crippen molar-refractivity contribution in [3.8, 4) is 6.07 Å². The molecular formula is C14H23N3O2. The Morgan fingerprint density at radius 1 is 1.58 bits per heavy atom. The van der Waals surface area contributed by atoms with Gasteiger partial charge in [0, 0.05) is 26.1 Å². The molecule has 0 aromatic rings. The Labute approximate surface area is 114 Å². The van der Waals surface area contributed by atoms with Crippen LogP contribution in [0.25, 0.3) is 0 Å². The van der Waals surface area contributed by atoms with Gasteiger partial charge < -0.3 is 10.1 Å². The zero-order valence-electron chi connectivity index (χ0n) is 11.7. The van der Waals surface area contributed by atoms with E-state index < -0.39 is 0 Å². The molecule has 1 aliphatic carbocycles. The van der Waals surface area contributed by atoms with Crippen LogP contribution >= 0.6 is 0 Å². The molecule has 2 rings (SSSR count). The molecule has 0 bridgehead atoms. The maximum Gasteiger partial charge on any atom is 0.239 e. The molecule has 1 amide bonds. The molecular weight excluding hydrogens is 242 g/mol. The first kappa shape index (κ1) is 14.3. The van der Waals surface area contributed by atoms with Gasteiger partial charge in [0.2, 0.25) is 5.91 Å². The van der Waals surface area contributed by atoms with Crippen LogP contribution in [0, 0.1) is 16.7 Å². The highest BCUT2D eigenvalue weighted by Gasteiger charge is 2.45. The van der Waals surface area contributed by atoms with Crippen molar-refractivity contribution in [2.45, 2.75) is 38.6 Å². The van der Waals surface area contributed by atoms with E-state index in [1.165, 1.54) is 0 Å². The summed E-state index contributed by atoms with van der Waals surface area (Å²) in [6, 6.07) is 2.10. The number of hydrogen-bond acceptors (Lipinski definition) is 4. The number of carbonyl (C=O) groups excluding carboxylic acids is 1. The van der Waals surface area contributed by atoms with Crippen molar-refractivity contribution in [2.24, 2.45) is 5.41 Å². The monoisotopic (exact) mass is 265 g/mol. The molecule has 2 fully saturated rings. The van der Waals surface area contributed by atoms with Gasteiger partial charge in [-0.25, -0.2) is 0 Å². The molecule has 106 valence electrons. The lowest BCUT2D eigenvalue weighted by Crippen LogP contribution is -2.55. The van der Waals surface area contributed by atoms with Crippen LogP contribution in [0.1, 0.15) is 32.6 Å². The average Bonchev–Trinajstić information content (AvgIpc) is 3.16.